The second-order valence-electron chi connectivity index (χ2n) is 4.54. The zero-order valence-electron chi connectivity index (χ0n) is 10.1. The second-order valence-corrected chi connectivity index (χ2v) is 8.45. The summed E-state index contributed by atoms with van der Waals surface area (Å²) in [5, 5.41) is 4.87. The Morgan fingerprint density at radius 1 is 1.05 bits per heavy atom. The molecule has 96 valence electrons. The summed E-state index contributed by atoms with van der Waals surface area (Å²) in [7, 11) is 0. The number of benzene rings is 2. The van der Waals surface area contributed by atoms with Crippen LogP contribution in [0.3, 0.4) is 0 Å². The van der Waals surface area contributed by atoms with E-state index in [2.05, 4.69) is 92.4 Å². The molecule has 3 aromatic rings. The van der Waals surface area contributed by atoms with Gasteiger partial charge in [0.2, 0.25) is 0 Å². The zero-order chi connectivity index (χ0) is 13.2. The first-order valence-corrected chi connectivity index (χ1v) is 8.95. The van der Waals surface area contributed by atoms with E-state index in [0.717, 1.165) is 6.42 Å². The van der Waals surface area contributed by atoms with E-state index in [1.165, 1.54) is 24.8 Å². The lowest BCUT2D eigenvalue weighted by Gasteiger charge is -2.09. The fraction of sp³-hybridized carbons (Fsp3) is 0.125. The second kappa shape index (κ2) is 5.94. The van der Waals surface area contributed by atoms with E-state index in [1.807, 2.05) is 0 Å². The third-order valence-electron chi connectivity index (χ3n) is 3.18. The van der Waals surface area contributed by atoms with E-state index in [1.54, 1.807) is 11.3 Å². The predicted octanol–water partition coefficient (Wildman–Crippen LogP) is 6.18. The number of halogens is 2. The molecule has 1 atom stereocenters. The highest BCUT2D eigenvalue weighted by atomic mass is 127. The molecular weight excluding hydrogens is 431 g/mol. The Bertz CT molecular complexity index is 705. The molecule has 0 bridgehead atoms. The maximum Gasteiger partial charge on any atom is 0.0656 e. The number of rotatable bonds is 3. The lowest BCUT2D eigenvalue weighted by atomic mass is 10.0. The minimum absolute atomic E-state index is 0.397. The van der Waals surface area contributed by atoms with Crippen LogP contribution in [-0.4, -0.2) is 0 Å². The molecule has 0 aliphatic rings. The van der Waals surface area contributed by atoms with Crippen LogP contribution < -0.4 is 0 Å². The Balaban J connectivity index is 1.84. The van der Waals surface area contributed by atoms with Crippen molar-refractivity contribution in [1.29, 1.82) is 0 Å². The van der Waals surface area contributed by atoms with Gasteiger partial charge in [-0.05, 0) is 62.4 Å². The molecule has 0 aliphatic heterocycles. The van der Waals surface area contributed by atoms with Crippen molar-refractivity contribution >= 4 is 60.6 Å². The Labute approximate surface area is 139 Å². The van der Waals surface area contributed by atoms with E-state index in [-0.39, 0.29) is 0 Å². The molecule has 0 saturated carbocycles. The fourth-order valence-corrected chi connectivity index (χ4v) is 4.42. The van der Waals surface area contributed by atoms with Crippen molar-refractivity contribution in [3.05, 3.63) is 67.9 Å². The van der Waals surface area contributed by atoms with Gasteiger partial charge >= 0.3 is 0 Å². The van der Waals surface area contributed by atoms with E-state index >= 15 is 0 Å². The summed E-state index contributed by atoms with van der Waals surface area (Å²) >= 11 is 7.98. The average Bonchev–Trinajstić information content (AvgIpc) is 2.85. The van der Waals surface area contributed by atoms with Gasteiger partial charge in [-0.3, -0.25) is 0 Å². The van der Waals surface area contributed by atoms with Crippen molar-refractivity contribution in [1.82, 2.24) is 0 Å². The topological polar surface area (TPSA) is 0 Å². The summed E-state index contributed by atoms with van der Waals surface area (Å²) in [6, 6.07) is 17.5. The molecule has 0 spiro atoms. The summed E-state index contributed by atoms with van der Waals surface area (Å²) < 4.78 is 1.34. The summed E-state index contributed by atoms with van der Waals surface area (Å²) in [6.07, 6.45) is 1.03. The average molecular weight is 443 g/mol. The number of hydrogen-bond acceptors (Lipinski definition) is 1. The van der Waals surface area contributed by atoms with Crippen LogP contribution in [0.4, 0.5) is 0 Å². The van der Waals surface area contributed by atoms with Gasteiger partial charge in [0.25, 0.3) is 0 Å². The molecule has 0 fully saturated rings. The Kier molecular flexibility index (Phi) is 4.24. The van der Waals surface area contributed by atoms with Crippen molar-refractivity contribution in [2.75, 3.05) is 0 Å². The van der Waals surface area contributed by atoms with Gasteiger partial charge in [-0.15, -0.1) is 11.3 Å². The van der Waals surface area contributed by atoms with E-state index in [0.29, 0.717) is 4.83 Å². The summed E-state index contributed by atoms with van der Waals surface area (Å²) in [4.78, 5) is 0.397. The lowest BCUT2D eigenvalue weighted by molar-refractivity contribution is 0.956. The van der Waals surface area contributed by atoms with Crippen LogP contribution in [0.2, 0.25) is 0 Å². The normalized spacial score (nSPS) is 12.7. The molecule has 2 aromatic carbocycles. The van der Waals surface area contributed by atoms with Crippen molar-refractivity contribution in [3.8, 4) is 0 Å². The monoisotopic (exact) mass is 442 g/mol. The molecule has 0 nitrogen and oxygen atoms in total. The Morgan fingerprint density at radius 2 is 1.84 bits per heavy atom. The molecule has 3 heteroatoms. The van der Waals surface area contributed by atoms with E-state index < -0.39 is 0 Å². The SMILES string of the molecule is BrC(Cc1ccc2ccccc2c1)c1csc(I)c1. The summed E-state index contributed by atoms with van der Waals surface area (Å²) in [5.74, 6) is 0. The van der Waals surface area contributed by atoms with E-state index in [9.17, 15) is 0 Å². The van der Waals surface area contributed by atoms with Gasteiger partial charge in [0.1, 0.15) is 0 Å². The van der Waals surface area contributed by atoms with Crippen molar-refractivity contribution in [2.24, 2.45) is 0 Å². The largest absolute Gasteiger partial charge is 0.137 e. The van der Waals surface area contributed by atoms with Crippen LogP contribution in [0.15, 0.2) is 53.9 Å². The standard InChI is InChI=1S/C16H12BrIS/c17-15(14-9-16(18)19-10-14)8-11-5-6-12-3-1-2-4-13(12)7-11/h1-7,9-10,15H,8H2. The molecule has 0 radical (unpaired) electrons. The van der Waals surface area contributed by atoms with Crippen LogP contribution in [0.5, 0.6) is 0 Å². The molecule has 0 amide bonds. The Morgan fingerprint density at radius 3 is 2.58 bits per heavy atom. The molecule has 0 N–H and O–H groups in total. The zero-order valence-corrected chi connectivity index (χ0v) is 14.7. The van der Waals surface area contributed by atoms with Crippen LogP contribution >= 0.6 is 49.9 Å². The number of fused-ring (bicyclic) bond motifs is 1. The molecule has 0 saturated heterocycles. The van der Waals surface area contributed by atoms with Crippen LogP contribution in [0, 0.1) is 2.88 Å². The molecule has 3 rings (SSSR count). The minimum Gasteiger partial charge on any atom is -0.137 e. The maximum absolute atomic E-state index is 3.80. The summed E-state index contributed by atoms with van der Waals surface area (Å²) in [5.41, 5.74) is 2.75. The Hall–Kier alpha value is -0.390. The first-order valence-electron chi connectivity index (χ1n) is 6.08. The molecule has 19 heavy (non-hydrogen) atoms. The highest BCUT2D eigenvalue weighted by molar-refractivity contribution is 14.1. The van der Waals surface area contributed by atoms with Gasteiger partial charge in [0.15, 0.2) is 0 Å². The quantitative estimate of drug-likeness (QED) is 0.335. The third kappa shape index (κ3) is 3.20. The summed E-state index contributed by atoms with van der Waals surface area (Å²) in [6.45, 7) is 0. The molecule has 1 heterocycles. The highest BCUT2D eigenvalue weighted by Crippen LogP contribution is 2.31. The van der Waals surface area contributed by atoms with Gasteiger partial charge in [-0.25, -0.2) is 0 Å². The van der Waals surface area contributed by atoms with Gasteiger partial charge in [0.05, 0.1) is 2.88 Å². The van der Waals surface area contributed by atoms with Crippen molar-refractivity contribution < 1.29 is 0 Å². The molecule has 1 aromatic heterocycles. The van der Waals surface area contributed by atoms with Crippen molar-refractivity contribution in [2.45, 2.75) is 11.2 Å². The number of hydrogen-bond donors (Lipinski definition) is 0. The molecular formula is C16H12BrIS. The number of thiophene rings is 1. The minimum atomic E-state index is 0.397. The van der Waals surface area contributed by atoms with Gasteiger partial charge in [-0.2, -0.15) is 0 Å². The number of alkyl halides is 1. The first kappa shape index (κ1) is 13.6. The van der Waals surface area contributed by atoms with Crippen LogP contribution in [0.25, 0.3) is 10.8 Å². The highest BCUT2D eigenvalue weighted by Gasteiger charge is 2.10. The lowest BCUT2D eigenvalue weighted by Crippen LogP contribution is -1.93. The van der Waals surface area contributed by atoms with Crippen LogP contribution in [-0.2, 0) is 6.42 Å². The van der Waals surface area contributed by atoms with Crippen molar-refractivity contribution in [3.63, 3.8) is 0 Å². The predicted molar refractivity (Wildman–Crippen MR) is 96.4 cm³/mol. The smallest absolute Gasteiger partial charge is 0.0656 e. The molecule has 0 aliphatic carbocycles. The maximum atomic E-state index is 3.80. The van der Waals surface area contributed by atoms with Gasteiger partial charge < -0.3 is 0 Å². The van der Waals surface area contributed by atoms with Gasteiger partial charge in [-0.1, -0.05) is 58.4 Å². The fourth-order valence-electron chi connectivity index (χ4n) is 2.18. The van der Waals surface area contributed by atoms with Gasteiger partial charge in [0, 0.05) is 4.83 Å². The first-order chi connectivity index (χ1) is 9.22. The third-order valence-corrected chi connectivity index (χ3v) is 5.84. The van der Waals surface area contributed by atoms with E-state index in [4.69, 9.17) is 0 Å². The molecule has 1 unspecified atom stereocenters. The van der Waals surface area contributed by atoms with Crippen LogP contribution in [0.1, 0.15) is 16.0 Å².